The topological polar surface area (TPSA) is 21.3 Å². The van der Waals surface area contributed by atoms with Crippen molar-refractivity contribution in [2.24, 2.45) is 5.92 Å². The molecule has 2 nitrogen and oxygen atoms in total. The van der Waals surface area contributed by atoms with E-state index in [9.17, 15) is 8.78 Å². The molecule has 1 saturated heterocycles. The quantitative estimate of drug-likeness (QED) is 0.890. The summed E-state index contributed by atoms with van der Waals surface area (Å²) in [6.07, 6.45) is 2.28. The van der Waals surface area contributed by atoms with Gasteiger partial charge in [0.25, 0.3) is 0 Å². The van der Waals surface area contributed by atoms with Gasteiger partial charge in [-0.05, 0) is 55.5 Å². The van der Waals surface area contributed by atoms with Crippen molar-refractivity contribution in [3.05, 3.63) is 29.8 Å². The van der Waals surface area contributed by atoms with Gasteiger partial charge in [0.2, 0.25) is 0 Å². The van der Waals surface area contributed by atoms with Crippen molar-refractivity contribution < 1.29 is 13.5 Å². The molecule has 1 atom stereocenters. The highest BCUT2D eigenvalue weighted by Crippen LogP contribution is 2.32. The first-order valence-corrected chi connectivity index (χ1v) is 6.42. The second-order valence-electron chi connectivity index (χ2n) is 4.83. The predicted molar refractivity (Wildman–Crippen MR) is 67.1 cm³/mol. The average molecular weight is 255 g/mol. The number of benzene rings is 1. The van der Waals surface area contributed by atoms with Gasteiger partial charge in [0.1, 0.15) is 5.75 Å². The Bertz CT molecular complexity index is 378. The normalized spacial score (nSPS) is 18.9. The van der Waals surface area contributed by atoms with E-state index in [0.29, 0.717) is 11.8 Å². The number of ether oxygens (including phenoxy) is 1. The van der Waals surface area contributed by atoms with Crippen LogP contribution in [0.3, 0.4) is 0 Å². The molecule has 1 unspecified atom stereocenters. The first-order chi connectivity index (χ1) is 8.66. The van der Waals surface area contributed by atoms with Gasteiger partial charge in [0.15, 0.2) is 0 Å². The van der Waals surface area contributed by atoms with Crippen LogP contribution in [0.1, 0.15) is 31.2 Å². The number of hydrogen-bond donors (Lipinski definition) is 1. The van der Waals surface area contributed by atoms with Gasteiger partial charge in [-0.1, -0.05) is 19.1 Å². The molecular weight excluding hydrogens is 236 g/mol. The highest BCUT2D eigenvalue weighted by atomic mass is 19.3. The molecule has 1 aromatic rings. The Balaban J connectivity index is 2.06. The number of rotatable bonds is 4. The molecule has 1 aliphatic rings. The molecule has 18 heavy (non-hydrogen) atoms. The number of piperidine rings is 1. The summed E-state index contributed by atoms with van der Waals surface area (Å²) in [4.78, 5) is 0. The number of halogens is 2. The van der Waals surface area contributed by atoms with Gasteiger partial charge in [-0.25, -0.2) is 0 Å². The molecule has 0 saturated carbocycles. The molecular formula is C14H19F2NO. The lowest BCUT2D eigenvalue weighted by Crippen LogP contribution is -2.30. The number of alkyl halides is 2. The summed E-state index contributed by atoms with van der Waals surface area (Å²) >= 11 is 0. The van der Waals surface area contributed by atoms with E-state index >= 15 is 0 Å². The maximum absolute atomic E-state index is 12.2. The van der Waals surface area contributed by atoms with Crippen molar-refractivity contribution in [2.45, 2.75) is 32.3 Å². The Hall–Kier alpha value is -1.16. The predicted octanol–water partition coefficient (Wildman–Crippen LogP) is 3.39. The van der Waals surface area contributed by atoms with E-state index in [2.05, 4.69) is 17.0 Å². The lowest BCUT2D eigenvalue weighted by atomic mass is 9.82. The summed E-state index contributed by atoms with van der Waals surface area (Å²) in [5.41, 5.74) is 1.08. The largest absolute Gasteiger partial charge is 0.435 e. The van der Waals surface area contributed by atoms with Gasteiger partial charge in [-0.15, -0.1) is 0 Å². The van der Waals surface area contributed by atoms with Crippen molar-refractivity contribution in [3.63, 3.8) is 0 Å². The van der Waals surface area contributed by atoms with Crippen molar-refractivity contribution in [2.75, 3.05) is 13.1 Å². The molecule has 0 amide bonds. The SMILES string of the molecule is CC(c1cccc(OC(F)F)c1)C1CCNCC1. The highest BCUT2D eigenvalue weighted by molar-refractivity contribution is 5.31. The molecule has 1 heterocycles. The van der Waals surface area contributed by atoms with Crippen LogP contribution < -0.4 is 10.1 Å². The van der Waals surface area contributed by atoms with E-state index in [0.717, 1.165) is 31.5 Å². The average Bonchev–Trinajstić information content (AvgIpc) is 2.38. The lowest BCUT2D eigenvalue weighted by Gasteiger charge is -2.28. The minimum Gasteiger partial charge on any atom is -0.435 e. The molecule has 1 fully saturated rings. The van der Waals surface area contributed by atoms with Crippen LogP contribution >= 0.6 is 0 Å². The van der Waals surface area contributed by atoms with Gasteiger partial charge in [0.05, 0.1) is 0 Å². The third kappa shape index (κ3) is 3.42. The summed E-state index contributed by atoms with van der Waals surface area (Å²) in [5, 5.41) is 3.33. The summed E-state index contributed by atoms with van der Waals surface area (Å²) in [6.45, 7) is 1.50. The van der Waals surface area contributed by atoms with Crippen LogP contribution in [0.4, 0.5) is 8.78 Å². The molecule has 0 spiro atoms. The molecule has 100 valence electrons. The van der Waals surface area contributed by atoms with E-state index in [1.807, 2.05) is 6.07 Å². The molecule has 0 bridgehead atoms. The fourth-order valence-electron chi connectivity index (χ4n) is 2.59. The number of hydrogen-bond acceptors (Lipinski definition) is 2. The molecule has 1 N–H and O–H groups in total. The van der Waals surface area contributed by atoms with Crippen LogP contribution in [-0.2, 0) is 0 Å². The maximum atomic E-state index is 12.2. The second-order valence-corrected chi connectivity index (χ2v) is 4.83. The van der Waals surface area contributed by atoms with Gasteiger partial charge >= 0.3 is 6.61 Å². The summed E-state index contributed by atoms with van der Waals surface area (Å²) in [6, 6.07) is 7.08. The molecule has 4 heteroatoms. The van der Waals surface area contributed by atoms with Crippen LogP contribution in [0.25, 0.3) is 0 Å². The van der Waals surface area contributed by atoms with E-state index in [4.69, 9.17) is 0 Å². The molecule has 1 aliphatic heterocycles. The highest BCUT2D eigenvalue weighted by Gasteiger charge is 2.21. The smallest absolute Gasteiger partial charge is 0.387 e. The molecule has 2 rings (SSSR count). The van der Waals surface area contributed by atoms with Crippen LogP contribution in [0, 0.1) is 5.92 Å². The van der Waals surface area contributed by atoms with E-state index in [1.54, 1.807) is 18.2 Å². The second kappa shape index (κ2) is 6.14. The molecule has 0 aliphatic carbocycles. The van der Waals surface area contributed by atoms with Crippen LogP contribution in [-0.4, -0.2) is 19.7 Å². The Morgan fingerprint density at radius 3 is 2.67 bits per heavy atom. The van der Waals surface area contributed by atoms with E-state index in [-0.39, 0.29) is 5.75 Å². The Labute approximate surface area is 106 Å². The van der Waals surface area contributed by atoms with Crippen molar-refractivity contribution in [1.82, 2.24) is 5.32 Å². The summed E-state index contributed by atoms with van der Waals surface area (Å²) in [7, 11) is 0. The fourth-order valence-corrected chi connectivity index (χ4v) is 2.59. The zero-order chi connectivity index (χ0) is 13.0. The minimum absolute atomic E-state index is 0.253. The van der Waals surface area contributed by atoms with Crippen LogP contribution in [0.2, 0.25) is 0 Å². The minimum atomic E-state index is -2.76. The van der Waals surface area contributed by atoms with Crippen LogP contribution in [0.15, 0.2) is 24.3 Å². The molecule has 1 aromatic carbocycles. The van der Waals surface area contributed by atoms with E-state index in [1.165, 1.54) is 0 Å². The standard InChI is InChI=1S/C14H19F2NO/c1-10(11-5-7-17-8-6-11)12-3-2-4-13(9-12)18-14(15)16/h2-4,9-11,14,17H,5-8H2,1H3. The van der Waals surface area contributed by atoms with Crippen molar-refractivity contribution in [1.29, 1.82) is 0 Å². The maximum Gasteiger partial charge on any atom is 0.387 e. The Kier molecular flexibility index (Phi) is 4.53. The van der Waals surface area contributed by atoms with E-state index < -0.39 is 6.61 Å². The number of nitrogens with one attached hydrogen (secondary N) is 1. The summed E-state index contributed by atoms with van der Waals surface area (Å²) < 4.78 is 28.8. The molecule has 0 radical (unpaired) electrons. The molecule has 0 aromatic heterocycles. The van der Waals surface area contributed by atoms with Gasteiger partial charge in [-0.2, -0.15) is 8.78 Å². The zero-order valence-corrected chi connectivity index (χ0v) is 10.5. The van der Waals surface area contributed by atoms with Crippen molar-refractivity contribution in [3.8, 4) is 5.75 Å². The third-order valence-electron chi connectivity index (χ3n) is 3.70. The first-order valence-electron chi connectivity index (χ1n) is 6.42. The first kappa shape index (κ1) is 13.3. The van der Waals surface area contributed by atoms with Gasteiger partial charge in [-0.3, -0.25) is 0 Å². The fraction of sp³-hybridized carbons (Fsp3) is 0.571. The monoisotopic (exact) mass is 255 g/mol. The Morgan fingerprint density at radius 1 is 1.28 bits per heavy atom. The lowest BCUT2D eigenvalue weighted by molar-refractivity contribution is -0.0499. The summed E-state index contributed by atoms with van der Waals surface area (Å²) in [5.74, 6) is 1.25. The van der Waals surface area contributed by atoms with Gasteiger partial charge in [0, 0.05) is 0 Å². The Morgan fingerprint density at radius 2 is 2.00 bits per heavy atom. The van der Waals surface area contributed by atoms with Crippen molar-refractivity contribution >= 4 is 0 Å². The van der Waals surface area contributed by atoms with Crippen LogP contribution in [0.5, 0.6) is 5.75 Å². The zero-order valence-electron chi connectivity index (χ0n) is 10.5. The van der Waals surface area contributed by atoms with Gasteiger partial charge < -0.3 is 10.1 Å². The third-order valence-corrected chi connectivity index (χ3v) is 3.70.